The maximum absolute atomic E-state index is 13.5. The molecule has 2 aromatic rings. The molecule has 2 rings (SSSR count). The van der Waals surface area contributed by atoms with E-state index in [0.29, 0.717) is 5.75 Å². The summed E-state index contributed by atoms with van der Waals surface area (Å²) in [5, 5.41) is 0. The maximum atomic E-state index is 13.5. The molecule has 2 N–H and O–H groups in total. The highest BCUT2D eigenvalue weighted by Gasteiger charge is 2.17. The van der Waals surface area contributed by atoms with Gasteiger partial charge in [-0.05, 0) is 43.7 Å². The summed E-state index contributed by atoms with van der Waals surface area (Å²) in [6.45, 7) is 3.09. The van der Waals surface area contributed by atoms with Crippen LogP contribution in [0.2, 0.25) is 0 Å². The van der Waals surface area contributed by atoms with Gasteiger partial charge in [0.05, 0.1) is 0 Å². The van der Waals surface area contributed by atoms with Crippen LogP contribution in [-0.2, 0) is 9.59 Å². The van der Waals surface area contributed by atoms with Gasteiger partial charge in [-0.15, -0.1) is 0 Å². The van der Waals surface area contributed by atoms with Gasteiger partial charge in [0.15, 0.2) is 24.3 Å². The number of amides is 2. The van der Waals surface area contributed by atoms with Crippen LogP contribution in [0.4, 0.5) is 4.39 Å². The summed E-state index contributed by atoms with van der Waals surface area (Å²) in [6.07, 6.45) is -0.991. The lowest BCUT2D eigenvalue weighted by atomic mass is 10.2. The summed E-state index contributed by atoms with van der Waals surface area (Å²) in [4.78, 5) is 23.6. The van der Waals surface area contributed by atoms with Crippen molar-refractivity contribution in [3.63, 3.8) is 0 Å². The molecule has 1 atom stereocenters. The van der Waals surface area contributed by atoms with Crippen LogP contribution in [-0.4, -0.2) is 24.5 Å². The lowest BCUT2D eigenvalue weighted by Gasteiger charge is -2.15. The number of halogens is 1. The third kappa shape index (κ3) is 5.80. The van der Waals surface area contributed by atoms with Gasteiger partial charge in [-0.2, -0.15) is 0 Å². The molecule has 0 saturated heterocycles. The second kappa shape index (κ2) is 8.68. The first-order chi connectivity index (χ1) is 12.0. The first-order valence-corrected chi connectivity index (χ1v) is 7.65. The predicted molar refractivity (Wildman–Crippen MR) is 89.4 cm³/mol. The molecule has 0 saturated carbocycles. The van der Waals surface area contributed by atoms with Crippen LogP contribution < -0.4 is 20.3 Å². The molecule has 1 unspecified atom stereocenters. The number of rotatable bonds is 6. The Bertz CT molecular complexity index is 751. The van der Waals surface area contributed by atoms with Crippen molar-refractivity contribution in [3.05, 3.63) is 59.9 Å². The molecule has 0 spiro atoms. The van der Waals surface area contributed by atoms with Gasteiger partial charge in [0, 0.05) is 0 Å². The minimum Gasteiger partial charge on any atom is -0.484 e. The number of nitrogens with one attached hydrogen (secondary N) is 2. The van der Waals surface area contributed by atoms with Gasteiger partial charge in [0.1, 0.15) is 5.75 Å². The topological polar surface area (TPSA) is 76.7 Å². The third-order valence-electron chi connectivity index (χ3n) is 3.19. The Kier molecular flexibility index (Phi) is 6.33. The van der Waals surface area contributed by atoms with Crippen molar-refractivity contribution in [1.29, 1.82) is 0 Å². The van der Waals surface area contributed by atoms with Crippen molar-refractivity contribution in [2.24, 2.45) is 0 Å². The lowest BCUT2D eigenvalue weighted by Crippen LogP contribution is -2.48. The van der Waals surface area contributed by atoms with E-state index in [1.54, 1.807) is 18.2 Å². The van der Waals surface area contributed by atoms with Crippen molar-refractivity contribution in [1.82, 2.24) is 10.9 Å². The van der Waals surface area contributed by atoms with Crippen molar-refractivity contribution in [2.45, 2.75) is 20.0 Å². The Morgan fingerprint density at radius 1 is 1.12 bits per heavy atom. The van der Waals surface area contributed by atoms with Crippen molar-refractivity contribution in [2.75, 3.05) is 6.61 Å². The molecular formula is C18H19FN2O4. The molecule has 0 aliphatic heterocycles. The smallest absolute Gasteiger partial charge is 0.279 e. The monoisotopic (exact) mass is 346 g/mol. The molecule has 0 aliphatic carbocycles. The van der Waals surface area contributed by atoms with Gasteiger partial charge in [-0.25, -0.2) is 4.39 Å². The fraction of sp³-hybridized carbons (Fsp3) is 0.222. The molecule has 0 radical (unpaired) electrons. The standard InChI is InChI=1S/C18H19FN2O4/c1-12-6-5-7-14(10-12)24-11-17(22)20-21-18(23)13(2)25-16-9-4-3-8-15(16)19/h3-10,13H,11H2,1-2H3,(H,20,22)(H,21,23). The average molecular weight is 346 g/mol. The lowest BCUT2D eigenvalue weighted by molar-refractivity contribution is -0.133. The van der Waals surface area contributed by atoms with E-state index < -0.39 is 23.7 Å². The molecule has 2 amide bonds. The van der Waals surface area contributed by atoms with Crippen LogP contribution in [0.25, 0.3) is 0 Å². The van der Waals surface area contributed by atoms with E-state index in [1.807, 2.05) is 19.1 Å². The summed E-state index contributed by atoms with van der Waals surface area (Å²) >= 11 is 0. The van der Waals surface area contributed by atoms with E-state index in [-0.39, 0.29) is 12.4 Å². The van der Waals surface area contributed by atoms with E-state index in [0.717, 1.165) is 5.56 Å². The van der Waals surface area contributed by atoms with Crippen LogP contribution in [0.1, 0.15) is 12.5 Å². The van der Waals surface area contributed by atoms with Crippen molar-refractivity contribution >= 4 is 11.8 Å². The van der Waals surface area contributed by atoms with Crippen LogP contribution in [0.15, 0.2) is 48.5 Å². The predicted octanol–water partition coefficient (Wildman–Crippen LogP) is 2.13. The van der Waals surface area contributed by atoms with E-state index in [9.17, 15) is 14.0 Å². The largest absolute Gasteiger partial charge is 0.484 e. The van der Waals surface area contributed by atoms with Crippen LogP contribution in [0, 0.1) is 12.7 Å². The molecular weight excluding hydrogens is 327 g/mol. The summed E-state index contributed by atoms with van der Waals surface area (Å²) < 4.78 is 24.0. The Morgan fingerprint density at radius 2 is 1.88 bits per heavy atom. The fourth-order valence-electron chi connectivity index (χ4n) is 1.91. The summed E-state index contributed by atoms with van der Waals surface area (Å²) in [5.41, 5.74) is 5.42. The minimum atomic E-state index is -0.991. The fourth-order valence-corrected chi connectivity index (χ4v) is 1.91. The highest BCUT2D eigenvalue weighted by atomic mass is 19.1. The summed E-state index contributed by atoms with van der Waals surface area (Å²) in [7, 11) is 0. The highest BCUT2D eigenvalue weighted by molar-refractivity contribution is 5.85. The number of hydrogen-bond acceptors (Lipinski definition) is 4. The normalized spacial score (nSPS) is 11.3. The molecule has 7 heteroatoms. The Morgan fingerprint density at radius 3 is 2.60 bits per heavy atom. The number of carbonyl (C=O) groups is 2. The van der Waals surface area contributed by atoms with Gasteiger partial charge < -0.3 is 9.47 Å². The van der Waals surface area contributed by atoms with Crippen LogP contribution >= 0.6 is 0 Å². The number of hydrazine groups is 1. The molecule has 0 fully saturated rings. The second-order valence-corrected chi connectivity index (χ2v) is 5.33. The number of aryl methyl sites for hydroxylation is 1. The summed E-state index contributed by atoms with van der Waals surface area (Å²) in [5.74, 6) is -1.21. The zero-order valence-electron chi connectivity index (χ0n) is 13.9. The van der Waals surface area contributed by atoms with Gasteiger partial charge >= 0.3 is 0 Å². The van der Waals surface area contributed by atoms with Gasteiger partial charge in [0.2, 0.25) is 0 Å². The number of para-hydroxylation sites is 1. The maximum Gasteiger partial charge on any atom is 0.279 e. The zero-order valence-corrected chi connectivity index (χ0v) is 13.9. The van der Waals surface area contributed by atoms with Gasteiger partial charge in [0.25, 0.3) is 11.8 Å². The first-order valence-electron chi connectivity index (χ1n) is 7.65. The van der Waals surface area contributed by atoms with E-state index in [4.69, 9.17) is 9.47 Å². The van der Waals surface area contributed by atoms with Crippen LogP contribution in [0.5, 0.6) is 11.5 Å². The van der Waals surface area contributed by atoms with Crippen molar-refractivity contribution < 1.29 is 23.5 Å². The van der Waals surface area contributed by atoms with Gasteiger partial charge in [-0.3, -0.25) is 20.4 Å². The average Bonchev–Trinajstić information content (AvgIpc) is 2.59. The van der Waals surface area contributed by atoms with E-state index in [1.165, 1.54) is 25.1 Å². The molecule has 0 aliphatic rings. The molecule has 132 valence electrons. The molecule has 25 heavy (non-hydrogen) atoms. The van der Waals surface area contributed by atoms with Crippen molar-refractivity contribution in [3.8, 4) is 11.5 Å². The third-order valence-corrected chi connectivity index (χ3v) is 3.19. The van der Waals surface area contributed by atoms with E-state index in [2.05, 4.69) is 10.9 Å². The Labute approximate surface area is 144 Å². The Balaban J connectivity index is 1.75. The molecule has 0 heterocycles. The molecule has 6 nitrogen and oxygen atoms in total. The van der Waals surface area contributed by atoms with Crippen LogP contribution in [0.3, 0.4) is 0 Å². The Hall–Kier alpha value is -3.09. The highest BCUT2D eigenvalue weighted by Crippen LogP contribution is 2.16. The summed E-state index contributed by atoms with van der Waals surface area (Å²) in [6, 6.07) is 13.0. The molecule has 2 aromatic carbocycles. The molecule has 0 bridgehead atoms. The molecule has 0 aromatic heterocycles. The van der Waals surface area contributed by atoms with E-state index >= 15 is 0 Å². The SMILES string of the molecule is Cc1cccc(OCC(=O)NNC(=O)C(C)Oc2ccccc2F)c1. The number of ether oxygens (including phenoxy) is 2. The second-order valence-electron chi connectivity index (χ2n) is 5.33. The number of hydrogen-bond donors (Lipinski definition) is 2. The quantitative estimate of drug-likeness (QED) is 0.786. The number of carbonyl (C=O) groups excluding carboxylic acids is 2. The zero-order chi connectivity index (χ0) is 18.2. The minimum absolute atomic E-state index is 0.0424. The van der Waals surface area contributed by atoms with Gasteiger partial charge in [-0.1, -0.05) is 24.3 Å². The first kappa shape index (κ1) is 18.3. The number of benzene rings is 2.